The Kier molecular flexibility index (Phi) is 4.41. The Labute approximate surface area is 148 Å². The van der Waals surface area contributed by atoms with Gasteiger partial charge in [-0.1, -0.05) is 101 Å². The van der Waals surface area contributed by atoms with Crippen molar-refractivity contribution in [3.05, 3.63) is 102 Å². The minimum Gasteiger partial charge on any atom is -0.144 e. The summed E-state index contributed by atoms with van der Waals surface area (Å²) in [6.45, 7) is 0. The van der Waals surface area contributed by atoms with Crippen LogP contribution < -0.4 is 15.6 Å². The molecule has 3 aromatic carbocycles. The topological polar surface area (TPSA) is 0 Å². The van der Waals surface area contributed by atoms with Crippen LogP contribution in [-0.2, 0) is 0 Å². The summed E-state index contributed by atoms with van der Waals surface area (Å²) in [7, 11) is -1.03. The molecule has 0 aliphatic heterocycles. The number of thiophene rings is 1. The zero-order valence-electron chi connectivity index (χ0n) is 13.2. The van der Waals surface area contributed by atoms with Crippen molar-refractivity contribution in [3.63, 3.8) is 0 Å². The molecule has 0 bridgehead atoms. The lowest BCUT2D eigenvalue weighted by atomic mass is 10.2. The van der Waals surface area contributed by atoms with Crippen molar-refractivity contribution in [2.45, 2.75) is 0 Å². The van der Waals surface area contributed by atoms with Crippen LogP contribution in [-0.4, -0.2) is 8.80 Å². The quantitative estimate of drug-likeness (QED) is 0.390. The molecule has 4 rings (SSSR count). The highest BCUT2D eigenvalue weighted by atomic mass is 32.1. The van der Waals surface area contributed by atoms with E-state index >= 15 is 0 Å². The summed E-state index contributed by atoms with van der Waals surface area (Å²) >= 11 is 1.81. The predicted octanol–water partition coefficient (Wildman–Crippen LogP) is 3.93. The molecule has 115 valence electrons. The molecule has 2 heteroatoms. The minimum atomic E-state index is -1.03. The molecule has 0 saturated carbocycles. The van der Waals surface area contributed by atoms with Gasteiger partial charge in [-0.25, -0.2) is 0 Å². The maximum atomic E-state index is 2.31. The van der Waals surface area contributed by atoms with Crippen LogP contribution in [0.15, 0.2) is 102 Å². The molecule has 0 saturated heterocycles. The number of rotatable bonds is 4. The van der Waals surface area contributed by atoms with Crippen molar-refractivity contribution in [2.75, 3.05) is 0 Å². The van der Waals surface area contributed by atoms with Gasteiger partial charge < -0.3 is 0 Å². The molecular weight excluding hydrogens is 324 g/mol. The van der Waals surface area contributed by atoms with Crippen molar-refractivity contribution in [1.29, 1.82) is 0 Å². The van der Waals surface area contributed by atoms with E-state index in [1.807, 2.05) is 11.3 Å². The molecule has 0 aliphatic carbocycles. The van der Waals surface area contributed by atoms with Crippen molar-refractivity contribution in [1.82, 2.24) is 0 Å². The summed E-state index contributed by atoms with van der Waals surface area (Å²) < 4.78 is 0. The third kappa shape index (κ3) is 2.98. The van der Waals surface area contributed by atoms with E-state index in [1.165, 1.54) is 26.0 Å². The highest BCUT2D eigenvalue weighted by Gasteiger charge is 2.22. The van der Waals surface area contributed by atoms with E-state index in [4.69, 9.17) is 0 Å². The van der Waals surface area contributed by atoms with E-state index in [9.17, 15) is 0 Å². The van der Waals surface area contributed by atoms with Crippen LogP contribution >= 0.6 is 11.3 Å². The summed E-state index contributed by atoms with van der Waals surface area (Å²) in [4.78, 5) is 1.35. The smallest absolute Gasteiger partial charge is 0.144 e. The Morgan fingerprint density at radius 3 is 1.71 bits per heavy atom. The Morgan fingerprint density at radius 1 is 0.542 bits per heavy atom. The van der Waals surface area contributed by atoms with Crippen molar-refractivity contribution < 1.29 is 0 Å². The summed E-state index contributed by atoms with van der Waals surface area (Å²) in [6, 6.07) is 35.1. The van der Waals surface area contributed by atoms with Gasteiger partial charge in [0.25, 0.3) is 0 Å². The van der Waals surface area contributed by atoms with E-state index in [0.29, 0.717) is 0 Å². The maximum Gasteiger partial charge on any atom is 0.155 e. The van der Waals surface area contributed by atoms with Gasteiger partial charge in [-0.3, -0.25) is 0 Å². The fraction of sp³-hybridized carbons (Fsp3) is 0. The molecule has 0 nitrogen and oxygen atoms in total. The summed E-state index contributed by atoms with van der Waals surface area (Å²) in [5.74, 6) is 0. The lowest BCUT2D eigenvalue weighted by molar-refractivity contribution is 1.70. The van der Waals surface area contributed by atoms with Gasteiger partial charge in [0, 0.05) is 4.88 Å². The van der Waals surface area contributed by atoms with E-state index < -0.39 is 8.80 Å². The fourth-order valence-electron chi connectivity index (χ4n) is 3.04. The highest BCUT2D eigenvalue weighted by Crippen LogP contribution is 2.23. The average molecular weight is 342 g/mol. The normalized spacial score (nSPS) is 10.9. The summed E-state index contributed by atoms with van der Waals surface area (Å²) in [5, 5.41) is 6.47. The first-order chi connectivity index (χ1) is 11.9. The van der Waals surface area contributed by atoms with Gasteiger partial charge >= 0.3 is 0 Å². The maximum absolute atomic E-state index is 2.31. The van der Waals surface area contributed by atoms with E-state index in [-0.39, 0.29) is 0 Å². The molecular formula is C22H17SSi. The zero-order valence-corrected chi connectivity index (χ0v) is 15.0. The summed E-state index contributed by atoms with van der Waals surface area (Å²) in [6.07, 6.45) is 0. The third-order valence-corrected chi connectivity index (χ3v) is 7.81. The molecule has 4 aromatic rings. The first kappa shape index (κ1) is 15.1. The second-order valence-electron chi connectivity index (χ2n) is 5.63. The average Bonchev–Trinajstić information content (AvgIpc) is 3.19. The zero-order chi connectivity index (χ0) is 16.2. The lowest BCUT2D eigenvalue weighted by Gasteiger charge is -2.19. The molecule has 0 fully saturated rings. The predicted molar refractivity (Wildman–Crippen MR) is 107 cm³/mol. The largest absolute Gasteiger partial charge is 0.155 e. The molecule has 0 unspecified atom stereocenters. The second kappa shape index (κ2) is 6.99. The Bertz CT molecular complexity index is 860. The second-order valence-corrected chi connectivity index (χ2v) is 9.02. The SMILES string of the molecule is c1ccc([Si](c2ccccc2)c2ccccc2-c2cccs2)cc1. The number of hydrogen-bond acceptors (Lipinski definition) is 1. The molecule has 0 spiro atoms. The van der Waals surface area contributed by atoms with Gasteiger partial charge in [0.05, 0.1) is 0 Å². The molecule has 1 aromatic heterocycles. The van der Waals surface area contributed by atoms with Gasteiger partial charge in [0.15, 0.2) is 8.80 Å². The molecule has 0 aliphatic rings. The molecule has 24 heavy (non-hydrogen) atoms. The monoisotopic (exact) mass is 341 g/mol. The van der Waals surface area contributed by atoms with Crippen LogP contribution in [0.1, 0.15) is 0 Å². The number of benzene rings is 3. The first-order valence-corrected chi connectivity index (χ1v) is 10.4. The highest BCUT2D eigenvalue weighted by molar-refractivity contribution is 7.14. The first-order valence-electron chi connectivity index (χ1n) is 8.04. The minimum absolute atomic E-state index is 1.03. The van der Waals surface area contributed by atoms with Crippen molar-refractivity contribution in [2.24, 2.45) is 0 Å². The standard InChI is InChI=1S/C22H17SSi/c1-3-10-18(11-4-1)24(19-12-5-2-6-13-19)22-16-8-7-14-20(22)21-15-9-17-23-21/h1-17H. The van der Waals surface area contributed by atoms with Gasteiger partial charge in [0.1, 0.15) is 0 Å². The van der Waals surface area contributed by atoms with Crippen LogP contribution in [0.25, 0.3) is 10.4 Å². The number of hydrogen-bond donors (Lipinski definition) is 0. The van der Waals surface area contributed by atoms with Crippen molar-refractivity contribution >= 4 is 35.7 Å². The lowest BCUT2D eigenvalue weighted by Crippen LogP contribution is -2.52. The third-order valence-electron chi connectivity index (χ3n) is 4.11. The van der Waals surface area contributed by atoms with Crippen LogP contribution in [0.4, 0.5) is 0 Å². The van der Waals surface area contributed by atoms with Gasteiger partial charge in [-0.05, 0) is 22.2 Å². The fourth-order valence-corrected chi connectivity index (χ4v) is 6.65. The summed E-state index contributed by atoms with van der Waals surface area (Å²) in [5.41, 5.74) is 1.37. The van der Waals surface area contributed by atoms with Gasteiger partial charge in [-0.15, -0.1) is 11.3 Å². The molecule has 0 amide bonds. The molecule has 1 radical (unpaired) electrons. The van der Waals surface area contributed by atoms with Crippen LogP contribution in [0, 0.1) is 0 Å². The molecule has 0 atom stereocenters. The molecule has 0 N–H and O–H groups in total. The van der Waals surface area contributed by atoms with E-state index in [1.54, 1.807) is 0 Å². The Hall–Kier alpha value is -2.42. The molecule has 1 heterocycles. The Balaban J connectivity index is 1.93. The van der Waals surface area contributed by atoms with Gasteiger partial charge in [0.2, 0.25) is 0 Å². The van der Waals surface area contributed by atoms with E-state index in [2.05, 4.69) is 102 Å². The van der Waals surface area contributed by atoms with E-state index in [0.717, 1.165) is 0 Å². The van der Waals surface area contributed by atoms with Crippen LogP contribution in [0.5, 0.6) is 0 Å². The van der Waals surface area contributed by atoms with Crippen molar-refractivity contribution in [3.8, 4) is 10.4 Å². The van der Waals surface area contributed by atoms with Crippen LogP contribution in [0.2, 0.25) is 0 Å². The Morgan fingerprint density at radius 2 is 1.12 bits per heavy atom. The van der Waals surface area contributed by atoms with Crippen LogP contribution in [0.3, 0.4) is 0 Å². The van der Waals surface area contributed by atoms with Gasteiger partial charge in [-0.2, -0.15) is 0 Å².